The van der Waals surface area contributed by atoms with Crippen molar-refractivity contribution in [2.45, 2.75) is 379 Å². The maximum absolute atomic E-state index is 12.5. The van der Waals surface area contributed by atoms with Crippen LogP contribution in [0.3, 0.4) is 0 Å². The van der Waals surface area contributed by atoms with Crippen LogP contribution in [0.2, 0.25) is 0 Å². The smallest absolute Gasteiger partial charge is 0.305 e. The van der Waals surface area contributed by atoms with Crippen LogP contribution >= 0.6 is 0 Å². The molecule has 77 heavy (non-hydrogen) atoms. The van der Waals surface area contributed by atoms with Gasteiger partial charge in [0.1, 0.15) is 0 Å². The van der Waals surface area contributed by atoms with Crippen LogP contribution in [0.4, 0.5) is 0 Å². The second kappa shape index (κ2) is 66.3. The molecule has 452 valence electrons. The Hall–Kier alpha value is -2.18. The van der Waals surface area contributed by atoms with Gasteiger partial charge in [-0.2, -0.15) is 0 Å². The van der Waals surface area contributed by atoms with Gasteiger partial charge in [-0.25, -0.2) is 0 Å². The summed E-state index contributed by atoms with van der Waals surface area (Å²) in [4.78, 5) is 24.6. The van der Waals surface area contributed by atoms with Crippen molar-refractivity contribution in [2.24, 2.45) is 0 Å². The third-order valence-corrected chi connectivity index (χ3v) is 15.8. The number of ether oxygens (including phenoxy) is 1. The molecule has 0 bridgehead atoms. The molecule has 2 atom stereocenters. The Morgan fingerprint density at radius 2 is 0.649 bits per heavy atom. The lowest BCUT2D eigenvalue weighted by Gasteiger charge is -2.20. The van der Waals surface area contributed by atoms with E-state index in [-0.39, 0.29) is 18.5 Å². The van der Waals surface area contributed by atoms with Gasteiger partial charge < -0.3 is 20.3 Å². The monoisotopic (exact) mass is 1080 g/mol. The molecule has 0 saturated carbocycles. The average molecular weight is 1080 g/mol. The molecule has 0 aromatic rings. The van der Waals surface area contributed by atoms with E-state index in [2.05, 4.69) is 55.6 Å². The zero-order valence-corrected chi connectivity index (χ0v) is 51.7. The lowest BCUT2D eigenvalue weighted by molar-refractivity contribution is -0.143. The standard InChI is InChI=1S/C71H133NO5/c1-3-5-7-9-11-13-15-17-19-21-22-26-29-32-35-39-43-47-51-55-59-63-69(74)68(67-73)72-70(75)64-60-56-52-48-44-40-36-33-30-27-24-23-25-28-31-34-38-42-46-50-54-58-62-66-77-71(76)65-61-57-53-49-45-41-37-20-18-16-14-12-10-8-6-4-2/h20,23,25,27,30,37,59,63,68-69,73-74H,3-19,21-22,24,26,28-29,31-36,38-58,60-62,64-67H2,1-2H3,(H,72,75)/b25-23-,30-27-,37-20-,63-59+. The summed E-state index contributed by atoms with van der Waals surface area (Å²) in [6.07, 6.45) is 86.0. The maximum atomic E-state index is 12.5. The average Bonchev–Trinajstić information content (AvgIpc) is 3.43. The summed E-state index contributed by atoms with van der Waals surface area (Å²) >= 11 is 0. The third-order valence-electron chi connectivity index (χ3n) is 15.8. The summed E-state index contributed by atoms with van der Waals surface area (Å²) in [6.45, 7) is 4.91. The fourth-order valence-electron chi connectivity index (χ4n) is 10.5. The van der Waals surface area contributed by atoms with Crippen molar-refractivity contribution >= 4 is 11.9 Å². The highest BCUT2D eigenvalue weighted by molar-refractivity contribution is 5.76. The number of aliphatic hydroxyl groups excluding tert-OH is 2. The van der Waals surface area contributed by atoms with Crippen LogP contribution < -0.4 is 5.32 Å². The lowest BCUT2D eigenvalue weighted by Crippen LogP contribution is -2.45. The Balaban J connectivity index is 3.48. The van der Waals surface area contributed by atoms with Crippen molar-refractivity contribution < 1.29 is 24.5 Å². The van der Waals surface area contributed by atoms with Crippen LogP contribution in [0.25, 0.3) is 0 Å². The van der Waals surface area contributed by atoms with Crippen molar-refractivity contribution in [1.29, 1.82) is 0 Å². The van der Waals surface area contributed by atoms with Crippen LogP contribution in [0.1, 0.15) is 367 Å². The third kappa shape index (κ3) is 62.9. The summed E-state index contributed by atoms with van der Waals surface area (Å²) in [6, 6.07) is -0.638. The van der Waals surface area contributed by atoms with Gasteiger partial charge in [0.25, 0.3) is 0 Å². The first-order valence-electron chi connectivity index (χ1n) is 34.4. The minimum atomic E-state index is -0.853. The minimum Gasteiger partial charge on any atom is -0.466 e. The van der Waals surface area contributed by atoms with E-state index in [4.69, 9.17) is 4.74 Å². The van der Waals surface area contributed by atoms with E-state index in [1.165, 1.54) is 276 Å². The highest BCUT2D eigenvalue weighted by Crippen LogP contribution is 2.17. The van der Waals surface area contributed by atoms with E-state index in [1.807, 2.05) is 6.08 Å². The number of carbonyl (C=O) groups is 2. The van der Waals surface area contributed by atoms with Gasteiger partial charge in [0.2, 0.25) is 5.91 Å². The van der Waals surface area contributed by atoms with Gasteiger partial charge in [-0.05, 0) is 89.9 Å². The zero-order chi connectivity index (χ0) is 55.7. The van der Waals surface area contributed by atoms with Crippen molar-refractivity contribution in [1.82, 2.24) is 5.32 Å². The predicted octanol–water partition coefficient (Wildman–Crippen LogP) is 22.1. The molecule has 6 heteroatoms. The molecule has 0 rings (SSSR count). The number of rotatable bonds is 64. The molecule has 0 aliphatic rings. The number of carbonyl (C=O) groups excluding carboxylic acids is 2. The van der Waals surface area contributed by atoms with Crippen LogP contribution in [0.15, 0.2) is 48.6 Å². The summed E-state index contributed by atoms with van der Waals surface area (Å²) in [5.74, 6) is -0.0766. The summed E-state index contributed by atoms with van der Waals surface area (Å²) < 4.78 is 5.48. The first-order chi connectivity index (χ1) is 38.0. The number of unbranched alkanes of at least 4 members (excludes halogenated alkanes) is 47. The Morgan fingerprint density at radius 3 is 1.00 bits per heavy atom. The molecule has 0 fully saturated rings. The zero-order valence-electron chi connectivity index (χ0n) is 51.7. The molecule has 0 heterocycles. The lowest BCUT2D eigenvalue weighted by atomic mass is 10.0. The molecule has 0 aromatic carbocycles. The Bertz CT molecular complexity index is 1290. The van der Waals surface area contributed by atoms with E-state index in [0.29, 0.717) is 19.4 Å². The van der Waals surface area contributed by atoms with Crippen LogP contribution in [0.5, 0.6) is 0 Å². The summed E-state index contributed by atoms with van der Waals surface area (Å²) in [7, 11) is 0. The second-order valence-electron chi connectivity index (χ2n) is 23.5. The van der Waals surface area contributed by atoms with Crippen LogP contribution in [0, 0.1) is 0 Å². The Morgan fingerprint density at radius 1 is 0.364 bits per heavy atom. The summed E-state index contributed by atoms with van der Waals surface area (Å²) in [5.41, 5.74) is 0. The summed E-state index contributed by atoms with van der Waals surface area (Å²) in [5, 5.41) is 23.2. The maximum Gasteiger partial charge on any atom is 0.305 e. The number of aliphatic hydroxyl groups is 2. The number of hydrogen-bond donors (Lipinski definition) is 3. The molecule has 0 aliphatic heterocycles. The van der Waals surface area contributed by atoms with Crippen molar-refractivity contribution in [3.63, 3.8) is 0 Å². The molecule has 1 amide bonds. The van der Waals surface area contributed by atoms with Crippen LogP contribution in [-0.4, -0.2) is 47.4 Å². The number of nitrogens with one attached hydrogen (secondary N) is 1. The van der Waals surface area contributed by atoms with Gasteiger partial charge in [-0.1, -0.05) is 313 Å². The van der Waals surface area contributed by atoms with E-state index in [0.717, 1.165) is 64.2 Å². The molecular weight excluding hydrogens is 947 g/mol. The predicted molar refractivity (Wildman–Crippen MR) is 338 cm³/mol. The largest absolute Gasteiger partial charge is 0.466 e. The molecular formula is C71H133NO5. The molecule has 0 aliphatic carbocycles. The van der Waals surface area contributed by atoms with E-state index in [9.17, 15) is 19.8 Å². The number of allylic oxidation sites excluding steroid dienone is 7. The first-order valence-corrected chi connectivity index (χ1v) is 34.4. The van der Waals surface area contributed by atoms with Crippen molar-refractivity contribution in [2.75, 3.05) is 13.2 Å². The number of esters is 1. The molecule has 0 spiro atoms. The minimum absolute atomic E-state index is 0.000690. The van der Waals surface area contributed by atoms with E-state index < -0.39 is 12.1 Å². The van der Waals surface area contributed by atoms with Gasteiger partial charge in [0.15, 0.2) is 0 Å². The molecule has 6 nitrogen and oxygen atoms in total. The molecule has 0 radical (unpaired) electrons. The molecule has 0 aromatic heterocycles. The topological polar surface area (TPSA) is 95.9 Å². The normalized spacial score (nSPS) is 12.8. The molecule has 3 N–H and O–H groups in total. The van der Waals surface area contributed by atoms with Crippen LogP contribution in [-0.2, 0) is 14.3 Å². The van der Waals surface area contributed by atoms with Gasteiger partial charge in [0.05, 0.1) is 25.4 Å². The Kier molecular flexibility index (Phi) is 64.5. The highest BCUT2D eigenvalue weighted by Gasteiger charge is 2.18. The van der Waals surface area contributed by atoms with Gasteiger partial charge in [0, 0.05) is 12.8 Å². The quantitative estimate of drug-likeness (QED) is 0.0320. The number of amides is 1. The molecule has 0 saturated heterocycles. The SMILES string of the molecule is CCCCCCCCC/C=C\CCCCCCCC(=O)OCCCCCCCCCCC/C=C\C/C=C\CCCCCCCCCC(=O)NC(CO)C(O)/C=C/CCCCCCCCCCCCCCCCCCCCC. The van der Waals surface area contributed by atoms with Gasteiger partial charge >= 0.3 is 5.97 Å². The van der Waals surface area contributed by atoms with E-state index >= 15 is 0 Å². The fraction of sp³-hybridized carbons (Fsp3) is 0.859. The number of hydrogen-bond acceptors (Lipinski definition) is 5. The van der Waals surface area contributed by atoms with Crippen molar-refractivity contribution in [3.8, 4) is 0 Å². The van der Waals surface area contributed by atoms with Gasteiger partial charge in [-0.3, -0.25) is 9.59 Å². The van der Waals surface area contributed by atoms with E-state index in [1.54, 1.807) is 6.08 Å². The van der Waals surface area contributed by atoms with Gasteiger partial charge in [-0.15, -0.1) is 0 Å². The first kappa shape index (κ1) is 74.8. The highest BCUT2D eigenvalue weighted by atomic mass is 16.5. The van der Waals surface area contributed by atoms with Crippen molar-refractivity contribution in [3.05, 3.63) is 48.6 Å². The second-order valence-corrected chi connectivity index (χ2v) is 23.5. The molecule has 2 unspecified atom stereocenters. The Labute approximate surface area is 480 Å². The fourth-order valence-corrected chi connectivity index (χ4v) is 10.5.